The van der Waals surface area contributed by atoms with E-state index in [0.717, 1.165) is 15.6 Å². The number of nitrogens with zero attached hydrogens (tertiary/aromatic N) is 4. The van der Waals surface area contributed by atoms with Crippen LogP contribution in [0.3, 0.4) is 0 Å². The summed E-state index contributed by atoms with van der Waals surface area (Å²) in [4.78, 5) is 0. The molecule has 3 rings (SSSR count). The molecule has 0 aliphatic heterocycles. The molecule has 21 heavy (non-hydrogen) atoms. The Kier molecular flexibility index (Phi) is 3.90. The maximum Gasteiger partial charge on any atom is 0.184 e. The van der Waals surface area contributed by atoms with Crippen LogP contribution in [0.2, 0.25) is 5.02 Å². The zero-order chi connectivity index (χ0) is 14.8. The van der Waals surface area contributed by atoms with Gasteiger partial charge in [0.15, 0.2) is 5.82 Å². The van der Waals surface area contributed by atoms with Gasteiger partial charge in [-0.1, -0.05) is 45.7 Å². The zero-order valence-electron chi connectivity index (χ0n) is 10.9. The van der Waals surface area contributed by atoms with E-state index in [1.165, 1.54) is 0 Å². The minimum Gasteiger partial charge on any atom is -0.398 e. The minimum atomic E-state index is 0.547. The Morgan fingerprint density at radius 3 is 2.76 bits per heavy atom. The first-order valence-electron chi connectivity index (χ1n) is 6.20. The van der Waals surface area contributed by atoms with Crippen LogP contribution in [0, 0.1) is 0 Å². The molecule has 5 nitrogen and oxygen atoms in total. The topological polar surface area (TPSA) is 69.6 Å². The third-order valence-electron chi connectivity index (χ3n) is 3.06. The highest BCUT2D eigenvalue weighted by molar-refractivity contribution is 9.10. The monoisotopic (exact) mass is 363 g/mol. The first-order chi connectivity index (χ1) is 10.1. The number of aromatic nitrogens is 4. The quantitative estimate of drug-likeness (QED) is 0.723. The number of anilines is 1. The van der Waals surface area contributed by atoms with E-state index in [-0.39, 0.29) is 0 Å². The summed E-state index contributed by atoms with van der Waals surface area (Å²) in [5.41, 5.74) is 8.39. The van der Waals surface area contributed by atoms with Gasteiger partial charge < -0.3 is 5.73 Å². The molecule has 0 aliphatic rings. The van der Waals surface area contributed by atoms with Crippen LogP contribution in [0.4, 0.5) is 5.69 Å². The van der Waals surface area contributed by atoms with Crippen molar-refractivity contribution in [3.8, 4) is 11.4 Å². The Morgan fingerprint density at radius 2 is 2.00 bits per heavy atom. The first kappa shape index (κ1) is 14.0. The van der Waals surface area contributed by atoms with E-state index in [1.807, 2.05) is 30.3 Å². The predicted octanol–water partition coefficient (Wildman–Crippen LogP) is 3.39. The molecule has 0 saturated carbocycles. The second-order valence-corrected chi connectivity index (χ2v) is 5.77. The summed E-state index contributed by atoms with van der Waals surface area (Å²) in [7, 11) is 0. The van der Waals surface area contributed by atoms with Crippen LogP contribution >= 0.6 is 27.5 Å². The molecule has 0 unspecified atom stereocenters. The lowest BCUT2D eigenvalue weighted by Crippen LogP contribution is -2.06. The Balaban J connectivity index is 2.00. The summed E-state index contributed by atoms with van der Waals surface area (Å²) in [6, 6.07) is 13.2. The highest BCUT2D eigenvalue weighted by Crippen LogP contribution is 2.27. The molecule has 0 radical (unpaired) electrons. The number of hydrogen-bond acceptors (Lipinski definition) is 4. The first-order valence-corrected chi connectivity index (χ1v) is 7.37. The van der Waals surface area contributed by atoms with Crippen LogP contribution in [0.5, 0.6) is 0 Å². The van der Waals surface area contributed by atoms with Crippen LogP contribution in [-0.4, -0.2) is 20.2 Å². The van der Waals surface area contributed by atoms with Crippen molar-refractivity contribution >= 4 is 33.2 Å². The van der Waals surface area contributed by atoms with Crippen molar-refractivity contribution in [2.75, 3.05) is 5.73 Å². The lowest BCUT2D eigenvalue weighted by atomic mass is 10.1. The van der Waals surface area contributed by atoms with Crippen LogP contribution in [0.15, 0.2) is 46.9 Å². The van der Waals surface area contributed by atoms with E-state index >= 15 is 0 Å². The molecule has 2 aromatic carbocycles. The van der Waals surface area contributed by atoms with Crippen molar-refractivity contribution in [1.82, 2.24) is 20.2 Å². The number of halogens is 2. The van der Waals surface area contributed by atoms with Crippen molar-refractivity contribution < 1.29 is 0 Å². The molecule has 1 heterocycles. The molecular formula is C14H11BrClN5. The number of nitrogen functional groups attached to an aromatic ring is 1. The fraction of sp³-hybridized carbons (Fsp3) is 0.0714. The highest BCUT2D eigenvalue weighted by atomic mass is 79.9. The van der Waals surface area contributed by atoms with Gasteiger partial charge in [0.25, 0.3) is 0 Å². The van der Waals surface area contributed by atoms with Gasteiger partial charge in [-0.15, -0.1) is 5.10 Å². The summed E-state index contributed by atoms with van der Waals surface area (Å²) in [6.45, 7) is 0.547. The summed E-state index contributed by atoms with van der Waals surface area (Å²) in [6.07, 6.45) is 0. The van der Waals surface area contributed by atoms with Crippen molar-refractivity contribution in [2.45, 2.75) is 6.54 Å². The van der Waals surface area contributed by atoms with Gasteiger partial charge in [0, 0.05) is 20.7 Å². The molecule has 0 fully saturated rings. The number of tetrazole rings is 1. The third kappa shape index (κ3) is 2.91. The minimum absolute atomic E-state index is 0.547. The molecule has 2 N–H and O–H groups in total. The van der Waals surface area contributed by atoms with E-state index in [1.54, 1.807) is 16.8 Å². The molecule has 106 valence electrons. The van der Waals surface area contributed by atoms with Crippen LogP contribution < -0.4 is 5.73 Å². The number of hydrogen-bond donors (Lipinski definition) is 1. The second-order valence-electron chi connectivity index (χ2n) is 4.48. The average Bonchev–Trinajstić information content (AvgIpc) is 2.89. The Bertz CT molecular complexity index is 787. The molecule has 3 aromatic rings. The molecule has 0 saturated heterocycles. The normalized spacial score (nSPS) is 10.8. The van der Waals surface area contributed by atoms with Gasteiger partial charge in [-0.3, -0.25) is 0 Å². The Labute approximate surface area is 134 Å². The van der Waals surface area contributed by atoms with Crippen LogP contribution in [0.25, 0.3) is 11.4 Å². The van der Waals surface area contributed by atoms with E-state index in [2.05, 4.69) is 31.5 Å². The van der Waals surface area contributed by atoms with Gasteiger partial charge >= 0.3 is 0 Å². The Hall–Kier alpha value is -1.92. The summed E-state index contributed by atoms with van der Waals surface area (Å²) in [5, 5.41) is 12.4. The van der Waals surface area contributed by atoms with Crippen molar-refractivity contribution in [3.63, 3.8) is 0 Å². The van der Waals surface area contributed by atoms with E-state index in [9.17, 15) is 0 Å². The van der Waals surface area contributed by atoms with Crippen LogP contribution in [-0.2, 0) is 6.54 Å². The molecule has 0 spiro atoms. The number of benzene rings is 2. The average molecular weight is 365 g/mol. The smallest absolute Gasteiger partial charge is 0.184 e. The van der Waals surface area contributed by atoms with Gasteiger partial charge in [-0.2, -0.15) is 0 Å². The molecule has 0 atom stereocenters. The standard InChI is InChI=1S/C14H11BrClN5/c15-12-4-2-1-3-9(12)8-21-14(18-19-20-21)11-6-5-10(16)7-13(11)17/h1-7H,8,17H2. The summed E-state index contributed by atoms with van der Waals surface area (Å²) >= 11 is 9.45. The fourth-order valence-electron chi connectivity index (χ4n) is 2.03. The van der Waals surface area contributed by atoms with Gasteiger partial charge in [0.2, 0.25) is 0 Å². The summed E-state index contributed by atoms with van der Waals surface area (Å²) < 4.78 is 2.72. The maximum atomic E-state index is 6.00. The van der Waals surface area contributed by atoms with Crippen molar-refractivity contribution in [1.29, 1.82) is 0 Å². The van der Waals surface area contributed by atoms with Gasteiger partial charge in [-0.05, 0) is 40.3 Å². The largest absolute Gasteiger partial charge is 0.398 e. The number of rotatable bonds is 3. The molecular weight excluding hydrogens is 354 g/mol. The fourth-order valence-corrected chi connectivity index (χ4v) is 2.62. The maximum absolute atomic E-state index is 6.00. The van der Waals surface area contributed by atoms with E-state index in [0.29, 0.717) is 23.1 Å². The van der Waals surface area contributed by atoms with Gasteiger partial charge in [-0.25, -0.2) is 4.68 Å². The number of nitrogens with two attached hydrogens (primary N) is 1. The SMILES string of the molecule is Nc1cc(Cl)ccc1-c1nnnn1Cc1ccccc1Br. The zero-order valence-corrected chi connectivity index (χ0v) is 13.2. The lowest BCUT2D eigenvalue weighted by Gasteiger charge is -2.08. The second kappa shape index (κ2) is 5.83. The molecule has 0 bridgehead atoms. The van der Waals surface area contributed by atoms with Gasteiger partial charge in [0.1, 0.15) is 0 Å². The lowest BCUT2D eigenvalue weighted by molar-refractivity contribution is 0.652. The highest BCUT2D eigenvalue weighted by Gasteiger charge is 2.13. The third-order valence-corrected chi connectivity index (χ3v) is 4.07. The van der Waals surface area contributed by atoms with E-state index in [4.69, 9.17) is 17.3 Å². The molecule has 0 amide bonds. The molecule has 1 aromatic heterocycles. The van der Waals surface area contributed by atoms with E-state index < -0.39 is 0 Å². The predicted molar refractivity (Wildman–Crippen MR) is 85.9 cm³/mol. The molecule has 7 heteroatoms. The van der Waals surface area contributed by atoms with Crippen molar-refractivity contribution in [2.24, 2.45) is 0 Å². The molecule has 0 aliphatic carbocycles. The van der Waals surface area contributed by atoms with Gasteiger partial charge in [0.05, 0.1) is 6.54 Å². The van der Waals surface area contributed by atoms with Crippen LogP contribution in [0.1, 0.15) is 5.56 Å². The summed E-state index contributed by atoms with van der Waals surface area (Å²) in [5.74, 6) is 0.611. The van der Waals surface area contributed by atoms with Crippen molar-refractivity contribution in [3.05, 3.63) is 57.5 Å². The Morgan fingerprint density at radius 1 is 1.19 bits per heavy atom.